The summed E-state index contributed by atoms with van der Waals surface area (Å²) in [7, 11) is 0. The maximum absolute atomic E-state index is 11.2. The van der Waals surface area contributed by atoms with Crippen LogP contribution < -0.4 is 0 Å². The number of unbranched alkanes of at least 4 members (excludes halogenated alkanes) is 2. The lowest BCUT2D eigenvalue weighted by Crippen LogP contribution is -2.25. The predicted molar refractivity (Wildman–Crippen MR) is 143 cm³/mol. The summed E-state index contributed by atoms with van der Waals surface area (Å²) in [6.07, 6.45) is 17.0. The fraction of sp³-hybridized carbons (Fsp3) is 0.600. The monoisotopic (exact) mass is 492 g/mol. The van der Waals surface area contributed by atoms with Gasteiger partial charge in [-0.3, -0.25) is 20.2 Å². The van der Waals surface area contributed by atoms with E-state index in [9.17, 15) is 20.2 Å². The normalized spacial score (nSPS) is 24.4. The van der Waals surface area contributed by atoms with E-state index in [1.165, 1.54) is 94.7 Å². The lowest BCUT2D eigenvalue weighted by molar-refractivity contribution is -0.394. The molecule has 0 aromatic heterocycles. The Balaban J connectivity index is 1.28. The molecule has 2 aromatic rings. The van der Waals surface area contributed by atoms with Gasteiger partial charge >= 0.3 is 0 Å². The van der Waals surface area contributed by atoms with Crippen molar-refractivity contribution in [1.29, 1.82) is 0 Å². The molecule has 194 valence electrons. The van der Waals surface area contributed by atoms with E-state index in [0.29, 0.717) is 17.9 Å². The fourth-order valence-electron chi connectivity index (χ4n) is 6.67. The highest BCUT2D eigenvalue weighted by atomic mass is 16.6. The molecule has 0 spiro atoms. The van der Waals surface area contributed by atoms with Crippen LogP contribution in [0.25, 0.3) is 0 Å². The number of nitrogens with zero attached hydrogens (tertiary/aromatic N) is 2. The van der Waals surface area contributed by atoms with Gasteiger partial charge in [0.2, 0.25) is 0 Å². The zero-order valence-electron chi connectivity index (χ0n) is 21.6. The first-order chi connectivity index (χ1) is 17.4. The van der Waals surface area contributed by atoms with Crippen molar-refractivity contribution in [3.05, 3.63) is 79.4 Å². The summed E-state index contributed by atoms with van der Waals surface area (Å²) < 4.78 is 0. The van der Waals surface area contributed by atoms with Crippen molar-refractivity contribution in [2.45, 2.75) is 96.3 Å². The van der Waals surface area contributed by atoms with Gasteiger partial charge in [0, 0.05) is 12.1 Å². The maximum atomic E-state index is 11.2. The number of rotatable bonds is 10. The lowest BCUT2D eigenvalue weighted by atomic mass is 9.68. The summed E-state index contributed by atoms with van der Waals surface area (Å²) in [5.41, 5.74) is 2.50. The largest absolute Gasteiger partial charge is 0.276 e. The van der Waals surface area contributed by atoms with E-state index in [1.54, 1.807) is 0 Å². The van der Waals surface area contributed by atoms with E-state index in [2.05, 4.69) is 31.2 Å². The lowest BCUT2D eigenvalue weighted by Gasteiger charge is -2.38. The third-order valence-corrected chi connectivity index (χ3v) is 8.79. The second-order valence-electron chi connectivity index (χ2n) is 11.2. The van der Waals surface area contributed by atoms with Gasteiger partial charge in [0.15, 0.2) is 0 Å². The molecule has 2 aromatic carbocycles. The highest BCUT2D eigenvalue weighted by molar-refractivity contribution is 5.48. The van der Waals surface area contributed by atoms with E-state index in [4.69, 9.17) is 0 Å². The number of hydrogen-bond donors (Lipinski definition) is 0. The summed E-state index contributed by atoms with van der Waals surface area (Å²) in [6, 6.07) is 12.4. The van der Waals surface area contributed by atoms with Crippen molar-refractivity contribution in [3.8, 4) is 0 Å². The molecule has 0 atom stereocenters. The third-order valence-electron chi connectivity index (χ3n) is 8.79. The van der Waals surface area contributed by atoms with Crippen LogP contribution in [0.3, 0.4) is 0 Å². The molecule has 0 N–H and O–H groups in total. The molecule has 0 aliphatic heterocycles. The number of benzene rings is 2. The third kappa shape index (κ3) is 6.92. The zero-order chi connectivity index (χ0) is 25.5. The molecule has 2 aliphatic carbocycles. The van der Waals surface area contributed by atoms with Gasteiger partial charge in [-0.05, 0) is 85.3 Å². The van der Waals surface area contributed by atoms with Gasteiger partial charge in [0.25, 0.3) is 11.4 Å². The SMILES string of the molecule is CCCCCC1CCC(C2CCC(c3ccc(Cc4cc([N+](=O)[O-])cc([N+](=O)[O-])c4)cc3)CC2)CC1. The van der Waals surface area contributed by atoms with Crippen LogP contribution in [0.5, 0.6) is 0 Å². The highest BCUT2D eigenvalue weighted by Crippen LogP contribution is 2.44. The molecule has 2 saturated carbocycles. The van der Waals surface area contributed by atoms with E-state index in [-0.39, 0.29) is 11.4 Å². The standard InChI is InChI=1S/C30H40N2O4/c1-2-3-4-5-22-6-10-25(11-7-22)27-14-16-28(17-15-27)26-12-8-23(9-13-26)18-24-19-29(31(33)34)21-30(20-24)32(35)36/h8-9,12-13,19-22,25,27-28H,2-7,10-11,14-18H2,1H3. The van der Waals surface area contributed by atoms with Crippen LogP contribution in [-0.2, 0) is 6.42 Å². The van der Waals surface area contributed by atoms with Crippen LogP contribution in [0.1, 0.15) is 107 Å². The molecule has 0 bridgehead atoms. The van der Waals surface area contributed by atoms with Crippen LogP contribution in [0.4, 0.5) is 11.4 Å². The summed E-state index contributed by atoms with van der Waals surface area (Å²) in [6.45, 7) is 2.29. The molecule has 0 unspecified atom stereocenters. The molecule has 0 radical (unpaired) electrons. The van der Waals surface area contributed by atoms with E-state index in [0.717, 1.165) is 29.4 Å². The Hall–Kier alpha value is -2.76. The molecule has 4 rings (SSSR count). The molecular formula is C30H40N2O4. The van der Waals surface area contributed by atoms with Crippen LogP contribution in [0, 0.1) is 38.0 Å². The van der Waals surface area contributed by atoms with Crippen molar-refractivity contribution in [3.63, 3.8) is 0 Å². The zero-order valence-corrected chi connectivity index (χ0v) is 21.6. The fourth-order valence-corrected chi connectivity index (χ4v) is 6.67. The highest BCUT2D eigenvalue weighted by Gasteiger charge is 2.31. The Morgan fingerprint density at radius 3 is 1.81 bits per heavy atom. The quantitative estimate of drug-likeness (QED) is 0.188. The number of nitro benzene ring substituents is 2. The maximum Gasteiger partial charge on any atom is 0.276 e. The molecule has 0 amide bonds. The van der Waals surface area contributed by atoms with Crippen molar-refractivity contribution in [1.82, 2.24) is 0 Å². The predicted octanol–water partition coefficient (Wildman–Crippen LogP) is 8.75. The van der Waals surface area contributed by atoms with Crippen LogP contribution in [-0.4, -0.2) is 9.85 Å². The van der Waals surface area contributed by atoms with Gasteiger partial charge in [-0.1, -0.05) is 69.7 Å². The second kappa shape index (κ2) is 12.5. The van der Waals surface area contributed by atoms with Gasteiger partial charge in [-0.25, -0.2) is 0 Å². The molecule has 6 heteroatoms. The van der Waals surface area contributed by atoms with Gasteiger partial charge in [0.1, 0.15) is 0 Å². The van der Waals surface area contributed by atoms with Crippen molar-refractivity contribution >= 4 is 11.4 Å². The van der Waals surface area contributed by atoms with E-state index >= 15 is 0 Å². The molecule has 0 saturated heterocycles. The summed E-state index contributed by atoms with van der Waals surface area (Å²) in [5.74, 6) is 3.44. The molecule has 2 aliphatic rings. The molecule has 2 fully saturated rings. The molecule has 6 nitrogen and oxygen atoms in total. The minimum absolute atomic E-state index is 0.238. The summed E-state index contributed by atoms with van der Waals surface area (Å²) in [4.78, 5) is 21.2. The molecule has 36 heavy (non-hydrogen) atoms. The Morgan fingerprint density at radius 2 is 1.28 bits per heavy atom. The average molecular weight is 493 g/mol. The van der Waals surface area contributed by atoms with Crippen molar-refractivity contribution in [2.75, 3.05) is 0 Å². The topological polar surface area (TPSA) is 86.3 Å². The number of non-ortho nitro benzene ring substituents is 2. The second-order valence-corrected chi connectivity index (χ2v) is 11.2. The Bertz CT molecular complexity index is 987. The van der Waals surface area contributed by atoms with Gasteiger partial charge < -0.3 is 0 Å². The first-order valence-electron chi connectivity index (χ1n) is 13.9. The van der Waals surface area contributed by atoms with Gasteiger partial charge in [-0.2, -0.15) is 0 Å². The van der Waals surface area contributed by atoms with E-state index < -0.39 is 9.85 Å². The Kier molecular flexibility index (Phi) is 9.11. The van der Waals surface area contributed by atoms with Crippen LogP contribution >= 0.6 is 0 Å². The Morgan fingerprint density at radius 1 is 0.722 bits per heavy atom. The summed E-state index contributed by atoms with van der Waals surface area (Å²) in [5, 5.41) is 22.3. The average Bonchev–Trinajstić information content (AvgIpc) is 2.89. The Labute approximate surface area is 214 Å². The van der Waals surface area contributed by atoms with E-state index in [1.807, 2.05) is 0 Å². The van der Waals surface area contributed by atoms with Gasteiger partial charge in [0.05, 0.1) is 15.9 Å². The smallest absolute Gasteiger partial charge is 0.258 e. The van der Waals surface area contributed by atoms with Crippen LogP contribution in [0.15, 0.2) is 42.5 Å². The minimum Gasteiger partial charge on any atom is -0.258 e. The number of hydrogen-bond acceptors (Lipinski definition) is 4. The van der Waals surface area contributed by atoms with Crippen molar-refractivity contribution in [2.24, 2.45) is 17.8 Å². The number of nitro groups is 2. The van der Waals surface area contributed by atoms with Gasteiger partial charge in [-0.15, -0.1) is 0 Å². The van der Waals surface area contributed by atoms with Crippen molar-refractivity contribution < 1.29 is 9.85 Å². The van der Waals surface area contributed by atoms with Crippen LogP contribution in [0.2, 0.25) is 0 Å². The molecule has 0 heterocycles. The first kappa shape index (κ1) is 26.3. The molecular weight excluding hydrogens is 452 g/mol. The first-order valence-corrected chi connectivity index (χ1v) is 13.9. The summed E-state index contributed by atoms with van der Waals surface area (Å²) >= 11 is 0. The minimum atomic E-state index is -0.574.